The highest BCUT2D eigenvalue weighted by Crippen LogP contribution is 2.27. The van der Waals surface area contributed by atoms with Gasteiger partial charge in [0.2, 0.25) is 11.8 Å². The molecule has 1 aromatic heterocycles. The Kier molecular flexibility index (Phi) is 6.22. The van der Waals surface area contributed by atoms with Gasteiger partial charge in [0.1, 0.15) is 5.82 Å². The first-order valence-electron chi connectivity index (χ1n) is 11.3. The molecule has 3 atom stereocenters. The van der Waals surface area contributed by atoms with Gasteiger partial charge in [0, 0.05) is 38.1 Å². The van der Waals surface area contributed by atoms with E-state index in [9.17, 15) is 14.0 Å². The zero-order valence-corrected chi connectivity index (χ0v) is 18.4. The van der Waals surface area contributed by atoms with Crippen molar-refractivity contribution in [2.24, 2.45) is 0 Å². The first-order valence-corrected chi connectivity index (χ1v) is 11.3. The van der Waals surface area contributed by atoms with E-state index in [0.717, 1.165) is 5.56 Å². The van der Waals surface area contributed by atoms with Crippen LogP contribution in [0.5, 0.6) is 0 Å². The summed E-state index contributed by atoms with van der Waals surface area (Å²) < 4.78 is 19.8. The number of carbonyl (C=O) groups excluding carboxylic acids is 2. The molecule has 0 unspecified atom stereocenters. The van der Waals surface area contributed by atoms with Crippen molar-refractivity contribution >= 4 is 11.9 Å². The van der Waals surface area contributed by atoms with Crippen molar-refractivity contribution in [1.29, 1.82) is 0 Å². The topological polar surface area (TPSA) is 112 Å². The molecule has 0 radical (unpaired) electrons. The highest BCUT2D eigenvalue weighted by atomic mass is 19.1. The normalized spacial score (nSPS) is 22.1. The lowest BCUT2D eigenvalue weighted by atomic mass is 10.1. The van der Waals surface area contributed by atoms with Crippen molar-refractivity contribution in [3.05, 3.63) is 71.9 Å². The van der Waals surface area contributed by atoms with Crippen LogP contribution in [0.25, 0.3) is 11.5 Å². The van der Waals surface area contributed by atoms with Gasteiger partial charge in [-0.15, -0.1) is 10.2 Å². The maximum Gasteiger partial charge on any atom is 0.315 e. The molecule has 9 nitrogen and oxygen atoms in total. The van der Waals surface area contributed by atoms with Gasteiger partial charge in [-0.2, -0.15) is 0 Å². The van der Waals surface area contributed by atoms with Gasteiger partial charge in [-0.3, -0.25) is 9.69 Å². The maximum absolute atomic E-state index is 14.0. The monoisotopic (exact) mass is 464 g/mol. The van der Waals surface area contributed by atoms with Crippen molar-refractivity contribution in [2.45, 2.75) is 37.5 Å². The van der Waals surface area contributed by atoms with Gasteiger partial charge in [0.15, 0.2) is 0 Å². The van der Waals surface area contributed by atoms with E-state index in [1.54, 1.807) is 18.2 Å². The minimum Gasteiger partial charge on any atom is -0.421 e. The van der Waals surface area contributed by atoms with Crippen molar-refractivity contribution < 1.29 is 18.4 Å². The molecule has 10 heteroatoms. The number of hydrogen-bond acceptors (Lipinski definition) is 6. The Hall–Kier alpha value is -3.79. The van der Waals surface area contributed by atoms with Crippen LogP contribution < -0.4 is 16.0 Å². The quantitative estimate of drug-likeness (QED) is 0.513. The molecule has 5 rings (SSSR count). The number of aromatic nitrogens is 2. The van der Waals surface area contributed by atoms with Gasteiger partial charge >= 0.3 is 6.03 Å². The first-order chi connectivity index (χ1) is 16.6. The number of rotatable bonds is 6. The standard InChI is InChI=1S/C24H25FN6O3/c25-19-9-5-4-8-18(19)23-30-29-21(34-23)11-17-13-26-22(32)20-10-16(14-31(17)20)28-24(33)27-12-15-6-2-1-3-7-15/h1-9,16-17,20H,10-14H2,(H,26,32)(H2,27,28,33)/t16-,17+,20-/m0/s1. The molecule has 3 N–H and O–H groups in total. The summed E-state index contributed by atoms with van der Waals surface area (Å²) in [7, 11) is 0. The third kappa shape index (κ3) is 4.76. The minimum atomic E-state index is -0.429. The lowest BCUT2D eigenvalue weighted by Gasteiger charge is -2.36. The van der Waals surface area contributed by atoms with Crippen LogP contribution in [0.15, 0.2) is 59.0 Å². The van der Waals surface area contributed by atoms with Crippen LogP contribution in [0, 0.1) is 5.82 Å². The Morgan fingerprint density at radius 3 is 2.76 bits per heavy atom. The number of piperazine rings is 1. The molecule has 0 aliphatic carbocycles. The van der Waals surface area contributed by atoms with E-state index in [1.165, 1.54) is 6.07 Å². The Morgan fingerprint density at radius 2 is 1.94 bits per heavy atom. The number of hydrogen-bond donors (Lipinski definition) is 3. The van der Waals surface area contributed by atoms with E-state index in [4.69, 9.17) is 4.42 Å². The van der Waals surface area contributed by atoms with Crippen molar-refractivity contribution in [1.82, 2.24) is 31.0 Å². The third-order valence-corrected chi connectivity index (χ3v) is 6.24. The summed E-state index contributed by atoms with van der Waals surface area (Å²) in [6.07, 6.45) is 0.927. The summed E-state index contributed by atoms with van der Waals surface area (Å²) in [6, 6.07) is 15.0. The smallest absolute Gasteiger partial charge is 0.315 e. The fourth-order valence-corrected chi connectivity index (χ4v) is 4.57. The molecule has 3 heterocycles. The van der Waals surface area contributed by atoms with Crippen LogP contribution >= 0.6 is 0 Å². The van der Waals surface area contributed by atoms with Crippen molar-refractivity contribution in [3.8, 4) is 11.5 Å². The number of amides is 3. The van der Waals surface area contributed by atoms with E-state index in [1.807, 2.05) is 30.3 Å². The Labute approximate surface area is 195 Å². The number of fused-ring (bicyclic) bond motifs is 1. The molecule has 0 saturated carbocycles. The molecule has 0 bridgehead atoms. The second-order valence-corrected chi connectivity index (χ2v) is 8.54. The van der Waals surface area contributed by atoms with Crippen LogP contribution in [0.4, 0.5) is 9.18 Å². The largest absolute Gasteiger partial charge is 0.421 e. The minimum absolute atomic E-state index is 0.0529. The van der Waals surface area contributed by atoms with E-state index in [-0.39, 0.29) is 41.5 Å². The molecule has 2 aromatic carbocycles. The molecule has 2 aliphatic rings. The van der Waals surface area contributed by atoms with Gasteiger partial charge in [0.05, 0.1) is 11.6 Å². The lowest BCUT2D eigenvalue weighted by Crippen LogP contribution is -2.58. The summed E-state index contributed by atoms with van der Waals surface area (Å²) in [5.41, 5.74) is 1.26. The average Bonchev–Trinajstić information content (AvgIpc) is 3.48. The number of carbonyl (C=O) groups is 2. The summed E-state index contributed by atoms with van der Waals surface area (Å²) in [5.74, 6) is 0.0141. The van der Waals surface area contributed by atoms with Crippen LogP contribution in [0.3, 0.4) is 0 Å². The van der Waals surface area contributed by atoms with Gasteiger partial charge in [0.25, 0.3) is 5.89 Å². The van der Waals surface area contributed by atoms with Gasteiger partial charge < -0.3 is 20.4 Å². The maximum atomic E-state index is 14.0. The van der Waals surface area contributed by atoms with Gasteiger partial charge in [-0.05, 0) is 24.1 Å². The lowest BCUT2D eigenvalue weighted by molar-refractivity contribution is -0.129. The Balaban J connectivity index is 1.20. The molecule has 34 heavy (non-hydrogen) atoms. The summed E-state index contributed by atoms with van der Waals surface area (Å²) in [6.45, 7) is 1.40. The Bertz CT molecular complexity index is 1170. The number of halogens is 1. The molecule has 176 valence electrons. The molecule has 3 aromatic rings. The number of benzene rings is 2. The van der Waals surface area contributed by atoms with Crippen LogP contribution in [-0.4, -0.2) is 58.3 Å². The fraction of sp³-hybridized carbons (Fsp3) is 0.333. The average molecular weight is 465 g/mol. The van der Waals surface area contributed by atoms with Crippen molar-refractivity contribution in [2.75, 3.05) is 13.1 Å². The molecular weight excluding hydrogens is 439 g/mol. The van der Waals surface area contributed by atoms with Crippen LogP contribution in [0.1, 0.15) is 17.9 Å². The summed E-state index contributed by atoms with van der Waals surface area (Å²) in [5, 5.41) is 16.8. The third-order valence-electron chi connectivity index (χ3n) is 6.24. The zero-order chi connectivity index (χ0) is 23.5. The molecule has 2 fully saturated rings. The van der Waals surface area contributed by atoms with Crippen LogP contribution in [0.2, 0.25) is 0 Å². The molecule has 0 spiro atoms. The van der Waals surface area contributed by atoms with E-state index in [0.29, 0.717) is 38.4 Å². The molecule has 2 aliphatic heterocycles. The van der Waals surface area contributed by atoms with Gasteiger partial charge in [-0.25, -0.2) is 9.18 Å². The second kappa shape index (κ2) is 9.60. The number of nitrogens with one attached hydrogen (secondary N) is 3. The summed E-state index contributed by atoms with van der Waals surface area (Å²) >= 11 is 0. The van der Waals surface area contributed by atoms with Gasteiger partial charge in [-0.1, -0.05) is 42.5 Å². The number of nitrogens with zero attached hydrogens (tertiary/aromatic N) is 3. The second-order valence-electron chi connectivity index (χ2n) is 8.54. The fourth-order valence-electron chi connectivity index (χ4n) is 4.57. The van der Waals surface area contributed by atoms with Crippen molar-refractivity contribution in [3.63, 3.8) is 0 Å². The number of urea groups is 1. The SMILES string of the molecule is O=C(NCc1ccccc1)N[C@H]1C[C@H]2C(=O)NC[C@@H](Cc3nnc(-c4ccccc4F)o3)N2C1. The van der Waals surface area contributed by atoms with Crippen LogP contribution in [-0.2, 0) is 17.8 Å². The highest BCUT2D eigenvalue weighted by Gasteiger charge is 2.44. The van der Waals surface area contributed by atoms with E-state index in [2.05, 4.69) is 31.0 Å². The molecule has 2 saturated heterocycles. The first kappa shape index (κ1) is 22.0. The predicted octanol–water partition coefficient (Wildman–Crippen LogP) is 1.86. The van der Waals surface area contributed by atoms with E-state index >= 15 is 0 Å². The molecule has 3 amide bonds. The predicted molar refractivity (Wildman–Crippen MR) is 121 cm³/mol. The highest BCUT2D eigenvalue weighted by molar-refractivity contribution is 5.83. The zero-order valence-electron chi connectivity index (χ0n) is 18.4. The van der Waals surface area contributed by atoms with E-state index < -0.39 is 5.82 Å². The molecular formula is C24H25FN6O3. The summed E-state index contributed by atoms with van der Waals surface area (Å²) in [4.78, 5) is 26.9. The Morgan fingerprint density at radius 1 is 1.15 bits per heavy atom.